The number of rotatable bonds is 1. The number of anilines is 1. The van der Waals surface area contributed by atoms with Crippen LogP contribution in [0.2, 0.25) is 0 Å². The maximum absolute atomic E-state index is 13.3. The largest absolute Gasteiger partial charge is 0.495 e. The molecule has 0 unspecified atom stereocenters. The summed E-state index contributed by atoms with van der Waals surface area (Å²) in [6, 6.07) is 3.00. The lowest BCUT2D eigenvalue weighted by molar-refractivity contribution is 0.00578. The first-order valence-electron chi connectivity index (χ1n) is 9.05. The van der Waals surface area contributed by atoms with E-state index in [1.165, 1.54) is 6.07 Å². The van der Waals surface area contributed by atoms with Crippen LogP contribution in [-0.4, -0.2) is 18.3 Å². The summed E-state index contributed by atoms with van der Waals surface area (Å²) < 4.78 is 25.2. The van der Waals surface area contributed by atoms with Crippen molar-refractivity contribution in [3.8, 4) is 0 Å². The van der Waals surface area contributed by atoms with Gasteiger partial charge in [0.25, 0.3) is 0 Å². The fourth-order valence-electron chi connectivity index (χ4n) is 1.93. The van der Waals surface area contributed by atoms with Crippen molar-refractivity contribution in [3.63, 3.8) is 0 Å². The molecule has 1 heterocycles. The van der Waals surface area contributed by atoms with Gasteiger partial charge in [-0.05, 0) is 57.8 Å². The highest BCUT2D eigenvalue weighted by atomic mass is 19.1. The van der Waals surface area contributed by atoms with Crippen LogP contribution in [0.4, 0.5) is 10.1 Å². The fraction of sp³-hybridized carbons (Fsp3) is 0.684. The van der Waals surface area contributed by atoms with Crippen LogP contribution in [0.3, 0.4) is 0 Å². The Morgan fingerprint density at radius 3 is 1.62 bits per heavy atom. The second-order valence-electron chi connectivity index (χ2n) is 5.82. The predicted octanol–water partition coefficient (Wildman–Crippen LogP) is 5.09. The Balaban J connectivity index is 0. The van der Waals surface area contributed by atoms with Gasteiger partial charge in [-0.25, -0.2) is 4.39 Å². The van der Waals surface area contributed by atoms with E-state index in [0.29, 0.717) is 0 Å². The van der Waals surface area contributed by atoms with Crippen molar-refractivity contribution >= 4 is 18.3 Å². The zero-order chi connectivity index (χ0) is 19.7. The number of hydrogen-bond donors (Lipinski definition) is 1. The molecule has 0 aromatic heterocycles. The van der Waals surface area contributed by atoms with E-state index in [1.54, 1.807) is 6.07 Å². The molecule has 0 radical (unpaired) electrons. The second kappa shape index (κ2) is 10.7. The van der Waals surface area contributed by atoms with Crippen LogP contribution >= 0.6 is 0 Å². The number of benzene rings is 1. The molecular weight excluding hydrogens is 304 g/mol. The zero-order valence-electron chi connectivity index (χ0n) is 17.5. The van der Waals surface area contributed by atoms with Crippen LogP contribution in [0, 0.1) is 12.7 Å². The fourth-order valence-corrected chi connectivity index (χ4v) is 1.93. The maximum Gasteiger partial charge on any atom is 0.495 e. The molecule has 1 saturated heterocycles. The van der Waals surface area contributed by atoms with Crippen molar-refractivity contribution in [2.45, 2.75) is 87.4 Å². The molecule has 2 rings (SSSR count). The van der Waals surface area contributed by atoms with Gasteiger partial charge >= 0.3 is 7.12 Å². The van der Waals surface area contributed by atoms with Crippen molar-refractivity contribution in [3.05, 3.63) is 23.5 Å². The van der Waals surface area contributed by atoms with Gasteiger partial charge in [0.1, 0.15) is 5.82 Å². The molecule has 0 aliphatic carbocycles. The molecule has 0 spiro atoms. The summed E-state index contributed by atoms with van der Waals surface area (Å²) in [6.45, 7) is 21.7. The Hall–Kier alpha value is -1.07. The molecule has 5 heteroatoms. The Kier molecular flexibility index (Phi) is 11.3. The van der Waals surface area contributed by atoms with Crippen LogP contribution in [0.1, 0.15) is 74.8 Å². The summed E-state index contributed by atoms with van der Waals surface area (Å²) in [4.78, 5) is 0. The van der Waals surface area contributed by atoms with E-state index in [4.69, 9.17) is 15.0 Å². The first-order chi connectivity index (χ1) is 11.1. The standard InChI is InChI=1S/C13H19BFNO2.3C2H6/c1-8-6-10(15)11(16)7-9(8)14-17-12(2,3)13(4,5)18-14;3*1-2/h6-7H,16H2,1-5H3;3*1-2H3. The maximum atomic E-state index is 13.3. The van der Waals surface area contributed by atoms with E-state index in [2.05, 4.69) is 0 Å². The smallest absolute Gasteiger partial charge is 0.399 e. The summed E-state index contributed by atoms with van der Waals surface area (Å²) in [6.07, 6.45) is 0. The van der Waals surface area contributed by atoms with Gasteiger partial charge in [0.15, 0.2) is 0 Å². The zero-order valence-corrected chi connectivity index (χ0v) is 17.5. The van der Waals surface area contributed by atoms with E-state index < -0.39 is 24.1 Å². The van der Waals surface area contributed by atoms with Crippen LogP contribution in [0.15, 0.2) is 12.1 Å². The first-order valence-corrected chi connectivity index (χ1v) is 9.05. The van der Waals surface area contributed by atoms with Gasteiger partial charge in [-0.2, -0.15) is 0 Å². The molecule has 140 valence electrons. The molecular formula is C19H37BFNO2. The number of aryl methyl sites for hydroxylation is 1. The third-order valence-corrected chi connectivity index (χ3v) is 3.89. The Morgan fingerprint density at radius 2 is 1.25 bits per heavy atom. The minimum Gasteiger partial charge on any atom is -0.399 e. The van der Waals surface area contributed by atoms with Crippen molar-refractivity contribution < 1.29 is 13.7 Å². The van der Waals surface area contributed by atoms with E-state index in [0.717, 1.165) is 11.0 Å². The molecule has 24 heavy (non-hydrogen) atoms. The molecule has 1 fully saturated rings. The van der Waals surface area contributed by atoms with Crippen LogP contribution in [0.5, 0.6) is 0 Å². The van der Waals surface area contributed by atoms with Crippen molar-refractivity contribution in [2.75, 3.05) is 5.73 Å². The van der Waals surface area contributed by atoms with Crippen LogP contribution in [-0.2, 0) is 9.31 Å². The van der Waals surface area contributed by atoms with E-state index in [1.807, 2.05) is 76.2 Å². The van der Waals surface area contributed by atoms with Crippen LogP contribution in [0.25, 0.3) is 0 Å². The molecule has 0 bridgehead atoms. The van der Waals surface area contributed by atoms with Gasteiger partial charge in [0.2, 0.25) is 0 Å². The number of halogens is 1. The summed E-state index contributed by atoms with van der Waals surface area (Å²) in [7, 11) is -0.502. The highest BCUT2D eigenvalue weighted by Crippen LogP contribution is 2.36. The molecule has 0 saturated carbocycles. The molecule has 0 amide bonds. The van der Waals surface area contributed by atoms with Gasteiger partial charge in [-0.3, -0.25) is 0 Å². The van der Waals surface area contributed by atoms with Gasteiger partial charge in [0, 0.05) is 0 Å². The van der Waals surface area contributed by atoms with E-state index in [9.17, 15) is 4.39 Å². The van der Waals surface area contributed by atoms with Crippen molar-refractivity contribution in [1.29, 1.82) is 0 Å². The highest BCUT2D eigenvalue weighted by Gasteiger charge is 2.52. The molecule has 1 aromatic rings. The van der Waals surface area contributed by atoms with Crippen LogP contribution < -0.4 is 11.2 Å². The Morgan fingerprint density at radius 1 is 0.875 bits per heavy atom. The summed E-state index contributed by atoms with van der Waals surface area (Å²) in [5.41, 5.74) is 6.47. The van der Waals surface area contributed by atoms with Crippen molar-refractivity contribution in [2.24, 2.45) is 0 Å². The number of hydrogen-bond acceptors (Lipinski definition) is 3. The van der Waals surface area contributed by atoms with Gasteiger partial charge in [-0.1, -0.05) is 41.5 Å². The van der Waals surface area contributed by atoms with Gasteiger partial charge < -0.3 is 15.0 Å². The SMILES string of the molecule is CC.CC.CC.Cc1cc(F)c(N)cc1B1OC(C)(C)C(C)(C)O1. The minimum absolute atomic E-state index is 0.116. The van der Waals surface area contributed by atoms with Crippen molar-refractivity contribution in [1.82, 2.24) is 0 Å². The van der Waals surface area contributed by atoms with E-state index in [-0.39, 0.29) is 5.69 Å². The predicted molar refractivity (Wildman–Crippen MR) is 105 cm³/mol. The Bertz CT molecular complexity index is 475. The Labute approximate surface area is 149 Å². The molecule has 1 aromatic carbocycles. The number of nitrogen functional groups attached to an aromatic ring is 1. The summed E-state index contributed by atoms with van der Waals surface area (Å²) in [5, 5.41) is 0. The molecule has 1 aliphatic heterocycles. The number of nitrogens with two attached hydrogens (primary N) is 1. The minimum atomic E-state index is -0.502. The summed E-state index contributed by atoms with van der Waals surface area (Å²) >= 11 is 0. The van der Waals surface area contributed by atoms with Gasteiger partial charge in [0.05, 0.1) is 16.9 Å². The lowest BCUT2D eigenvalue weighted by Crippen LogP contribution is -2.41. The average molecular weight is 341 g/mol. The normalized spacial score (nSPS) is 16.8. The van der Waals surface area contributed by atoms with Gasteiger partial charge in [-0.15, -0.1) is 0 Å². The topological polar surface area (TPSA) is 44.5 Å². The molecule has 1 aliphatic rings. The molecule has 3 nitrogen and oxygen atoms in total. The highest BCUT2D eigenvalue weighted by molar-refractivity contribution is 6.62. The molecule has 2 N–H and O–H groups in total. The van der Waals surface area contributed by atoms with E-state index >= 15 is 0 Å². The first kappa shape index (κ1) is 25.2. The average Bonchev–Trinajstić information content (AvgIpc) is 2.77. The summed E-state index contributed by atoms with van der Waals surface area (Å²) in [5.74, 6) is -0.409. The quantitative estimate of drug-likeness (QED) is 0.571. The third-order valence-electron chi connectivity index (χ3n) is 3.89. The lowest BCUT2D eigenvalue weighted by Gasteiger charge is -2.32. The lowest BCUT2D eigenvalue weighted by atomic mass is 9.76. The molecule has 0 atom stereocenters. The second-order valence-corrected chi connectivity index (χ2v) is 5.82. The third kappa shape index (κ3) is 5.78. The monoisotopic (exact) mass is 341 g/mol.